The lowest BCUT2D eigenvalue weighted by Crippen LogP contribution is -2.12. The summed E-state index contributed by atoms with van der Waals surface area (Å²) in [6, 6.07) is 9.89. The monoisotopic (exact) mass is 266 g/mol. The van der Waals surface area contributed by atoms with E-state index in [4.69, 9.17) is 5.73 Å². The quantitative estimate of drug-likeness (QED) is 0.790. The van der Waals surface area contributed by atoms with Gasteiger partial charge in [0.15, 0.2) is 0 Å². The number of hydrogen-bond donors (Lipinski definition) is 1. The van der Waals surface area contributed by atoms with Gasteiger partial charge in [-0.1, -0.05) is 25.1 Å². The maximum atomic E-state index is 6.41. The van der Waals surface area contributed by atoms with Gasteiger partial charge in [0, 0.05) is 29.9 Å². The van der Waals surface area contributed by atoms with Crippen LogP contribution in [0.4, 0.5) is 0 Å². The van der Waals surface area contributed by atoms with Crippen molar-refractivity contribution in [3.05, 3.63) is 60.0 Å². The SMILES string of the molecule is CCCn1cc(C(N)c2ccnc3ccccc23)cn1. The topological polar surface area (TPSA) is 56.7 Å². The zero-order valence-corrected chi connectivity index (χ0v) is 11.5. The molecule has 2 heterocycles. The molecular weight excluding hydrogens is 248 g/mol. The van der Waals surface area contributed by atoms with Crippen molar-refractivity contribution in [3.63, 3.8) is 0 Å². The second-order valence-corrected chi connectivity index (χ2v) is 4.93. The van der Waals surface area contributed by atoms with Gasteiger partial charge in [-0.15, -0.1) is 0 Å². The molecular formula is C16H18N4. The highest BCUT2D eigenvalue weighted by Crippen LogP contribution is 2.25. The fraction of sp³-hybridized carbons (Fsp3) is 0.250. The molecule has 3 rings (SSSR count). The third-order valence-corrected chi connectivity index (χ3v) is 3.48. The molecule has 3 aromatic rings. The van der Waals surface area contributed by atoms with Crippen molar-refractivity contribution >= 4 is 10.9 Å². The van der Waals surface area contributed by atoms with Gasteiger partial charge in [-0.25, -0.2) is 0 Å². The Hall–Kier alpha value is -2.20. The lowest BCUT2D eigenvalue weighted by Gasteiger charge is -2.12. The van der Waals surface area contributed by atoms with Crippen molar-refractivity contribution in [2.75, 3.05) is 0 Å². The molecule has 0 aliphatic heterocycles. The fourth-order valence-corrected chi connectivity index (χ4v) is 2.46. The van der Waals surface area contributed by atoms with Gasteiger partial charge in [0.1, 0.15) is 0 Å². The summed E-state index contributed by atoms with van der Waals surface area (Å²) in [5.41, 5.74) is 9.51. The summed E-state index contributed by atoms with van der Waals surface area (Å²) < 4.78 is 1.94. The number of aromatic nitrogens is 3. The normalized spacial score (nSPS) is 12.7. The molecule has 0 radical (unpaired) electrons. The lowest BCUT2D eigenvalue weighted by molar-refractivity contribution is 0.602. The maximum Gasteiger partial charge on any atom is 0.0705 e. The first-order valence-electron chi connectivity index (χ1n) is 6.91. The van der Waals surface area contributed by atoms with Crippen molar-refractivity contribution in [3.8, 4) is 0 Å². The van der Waals surface area contributed by atoms with Gasteiger partial charge in [0.05, 0.1) is 17.8 Å². The first-order chi connectivity index (χ1) is 9.79. The molecule has 0 amide bonds. The molecule has 0 spiro atoms. The summed E-state index contributed by atoms with van der Waals surface area (Å²) in [7, 11) is 0. The Labute approximate surface area is 118 Å². The van der Waals surface area contributed by atoms with Gasteiger partial charge in [-0.05, 0) is 24.1 Å². The van der Waals surface area contributed by atoms with Crippen LogP contribution in [0.15, 0.2) is 48.9 Å². The molecule has 0 saturated carbocycles. The molecule has 102 valence electrons. The van der Waals surface area contributed by atoms with E-state index in [-0.39, 0.29) is 6.04 Å². The van der Waals surface area contributed by atoms with Gasteiger partial charge < -0.3 is 5.73 Å². The number of benzene rings is 1. The van der Waals surface area contributed by atoms with Crippen LogP contribution < -0.4 is 5.73 Å². The molecule has 4 nitrogen and oxygen atoms in total. The highest BCUT2D eigenvalue weighted by molar-refractivity contribution is 5.82. The summed E-state index contributed by atoms with van der Waals surface area (Å²) >= 11 is 0. The van der Waals surface area contributed by atoms with Gasteiger partial charge in [0.25, 0.3) is 0 Å². The van der Waals surface area contributed by atoms with E-state index < -0.39 is 0 Å². The van der Waals surface area contributed by atoms with E-state index >= 15 is 0 Å². The van der Waals surface area contributed by atoms with E-state index in [9.17, 15) is 0 Å². The number of hydrogen-bond acceptors (Lipinski definition) is 3. The fourth-order valence-electron chi connectivity index (χ4n) is 2.46. The summed E-state index contributed by atoms with van der Waals surface area (Å²) in [4.78, 5) is 4.38. The third-order valence-electron chi connectivity index (χ3n) is 3.48. The minimum atomic E-state index is -0.173. The Morgan fingerprint density at radius 2 is 2.10 bits per heavy atom. The van der Waals surface area contributed by atoms with Crippen molar-refractivity contribution in [1.29, 1.82) is 0 Å². The minimum absolute atomic E-state index is 0.173. The van der Waals surface area contributed by atoms with E-state index in [1.165, 1.54) is 0 Å². The number of para-hydroxylation sites is 1. The van der Waals surface area contributed by atoms with E-state index in [0.717, 1.165) is 35.0 Å². The number of rotatable bonds is 4. The molecule has 0 aliphatic carbocycles. The van der Waals surface area contributed by atoms with E-state index in [2.05, 4.69) is 23.1 Å². The molecule has 2 aromatic heterocycles. The molecule has 1 atom stereocenters. The first kappa shape index (κ1) is 12.8. The van der Waals surface area contributed by atoms with Crippen LogP contribution in [0.1, 0.15) is 30.5 Å². The zero-order valence-electron chi connectivity index (χ0n) is 11.5. The molecule has 2 N–H and O–H groups in total. The molecule has 1 aromatic carbocycles. The molecule has 0 saturated heterocycles. The number of pyridine rings is 1. The number of aryl methyl sites for hydroxylation is 1. The molecule has 1 unspecified atom stereocenters. The Morgan fingerprint density at radius 1 is 1.25 bits per heavy atom. The summed E-state index contributed by atoms with van der Waals surface area (Å²) in [6.45, 7) is 3.06. The number of fused-ring (bicyclic) bond motifs is 1. The molecule has 20 heavy (non-hydrogen) atoms. The Morgan fingerprint density at radius 3 is 2.95 bits per heavy atom. The van der Waals surface area contributed by atoms with E-state index in [1.54, 1.807) is 0 Å². The Bertz CT molecular complexity index is 712. The van der Waals surface area contributed by atoms with Crippen LogP contribution in [0.3, 0.4) is 0 Å². The summed E-state index contributed by atoms with van der Waals surface area (Å²) in [5.74, 6) is 0. The molecule has 0 fully saturated rings. The minimum Gasteiger partial charge on any atom is -0.320 e. The predicted octanol–water partition coefficient (Wildman–Crippen LogP) is 2.89. The van der Waals surface area contributed by atoms with Crippen molar-refractivity contribution in [1.82, 2.24) is 14.8 Å². The van der Waals surface area contributed by atoms with Crippen LogP contribution in [-0.2, 0) is 6.54 Å². The van der Waals surface area contributed by atoms with E-state index in [0.29, 0.717) is 0 Å². The second kappa shape index (κ2) is 5.43. The van der Waals surface area contributed by atoms with Crippen LogP contribution in [0.5, 0.6) is 0 Å². The molecule has 0 aliphatic rings. The van der Waals surface area contributed by atoms with Gasteiger partial charge in [-0.3, -0.25) is 9.67 Å². The van der Waals surface area contributed by atoms with Crippen LogP contribution in [0, 0.1) is 0 Å². The van der Waals surface area contributed by atoms with Crippen LogP contribution in [0.2, 0.25) is 0 Å². The standard InChI is InChI=1S/C16H18N4/c1-2-9-20-11-12(10-19-20)16(17)14-7-8-18-15-6-4-3-5-13(14)15/h3-8,10-11,16H,2,9,17H2,1H3. The van der Waals surface area contributed by atoms with Crippen molar-refractivity contribution in [2.45, 2.75) is 25.9 Å². The highest BCUT2D eigenvalue weighted by atomic mass is 15.3. The smallest absolute Gasteiger partial charge is 0.0705 e. The van der Waals surface area contributed by atoms with Crippen LogP contribution in [-0.4, -0.2) is 14.8 Å². The molecule has 0 bridgehead atoms. The summed E-state index contributed by atoms with van der Waals surface area (Å²) in [5, 5.41) is 5.46. The Kier molecular flexibility index (Phi) is 3.48. The number of nitrogens with zero attached hydrogens (tertiary/aromatic N) is 3. The molecule has 4 heteroatoms. The van der Waals surface area contributed by atoms with Gasteiger partial charge in [0.2, 0.25) is 0 Å². The van der Waals surface area contributed by atoms with Gasteiger partial charge >= 0.3 is 0 Å². The highest BCUT2D eigenvalue weighted by Gasteiger charge is 2.14. The maximum absolute atomic E-state index is 6.41. The second-order valence-electron chi connectivity index (χ2n) is 4.93. The average Bonchev–Trinajstić information content (AvgIpc) is 2.95. The third kappa shape index (κ3) is 2.30. The van der Waals surface area contributed by atoms with Crippen LogP contribution in [0.25, 0.3) is 10.9 Å². The number of nitrogens with two attached hydrogens (primary N) is 1. The van der Waals surface area contributed by atoms with Crippen molar-refractivity contribution < 1.29 is 0 Å². The largest absolute Gasteiger partial charge is 0.320 e. The summed E-state index contributed by atoms with van der Waals surface area (Å²) in [6.07, 6.45) is 6.77. The van der Waals surface area contributed by atoms with Gasteiger partial charge in [-0.2, -0.15) is 5.10 Å². The first-order valence-corrected chi connectivity index (χ1v) is 6.91. The van der Waals surface area contributed by atoms with Crippen LogP contribution >= 0.6 is 0 Å². The van der Waals surface area contributed by atoms with Crippen molar-refractivity contribution in [2.24, 2.45) is 5.73 Å². The predicted molar refractivity (Wildman–Crippen MR) is 80.3 cm³/mol. The lowest BCUT2D eigenvalue weighted by atomic mass is 9.99. The zero-order chi connectivity index (χ0) is 13.9. The Balaban J connectivity index is 2.01. The average molecular weight is 266 g/mol. The van der Waals surface area contributed by atoms with E-state index in [1.807, 2.05) is 47.5 Å².